The number of nitrogen functional groups attached to an aromatic ring is 1. The van der Waals surface area contributed by atoms with Crippen molar-refractivity contribution < 1.29 is 22.3 Å². The van der Waals surface area contributed by atoms with Gasteiger partial charge in [0.25, 0.3) is 0 Å². The van der Waals surface area contributed by atoms with Crippen LogP contribution in [0.3, 0.4) is 0 Å². The normalized spacial score (nSPS) is 11.8. The Bertz CT molecular complexity index is 553. The molecule has 0 fully saturated rings. The van der Waals surface area contributed by atoms with E-state index in [4.69, 9.17) is 10.8 Å². The Morgan fingerprint density at radius 2 is 2.00 bits per heavy atom. The van der Waals surface area contributed by atoms with Gasteiger partial charge in [-0.15, -0.1) is 0 Å². The number of aliphatic hydroxyl groups excluding tert-OH is 1. The van der Waals surface area contributed by atoms with E-state index in [-0.39, 0.29) is 13.2 Å². The molecule has 9 heteroatoms. The molecule has 0 aromatic heterocycles. The van der Waals surface area contributed by atoms with Crippen molar-refractivity contribution in [1.82, 2.24) is 4.72 Å². The summed E-state index contributed by atoms with van der Waals surface area (Å²) in [7, 11) is -4.06. The highest BCUT2D eigenvalue weighted by Gasteiger charge is 2.21. The summed E-state index contributed by atoms with van der Waals surface area (Å²) < 4.78 is 52.5. The van der Waals surface area contributed by atoms with E-state index in [0.29, 0.717) is 17.9 Å². The Hall–Kier alpha value is -0.900. The minimum atomic E-state index is -4.06. The van der Waals surface area contributed by atoms with Crippen molar-refractivity contribution in [3.8, 4) is 0 Å². The molecule has 0 heterocycles. The maximum absolute atomic E-state index is 13.6. The first-order valence-electron chi connectivity index (χ1n) is 5.82. The predicted octanol–water partition coefficient (Wildman–Crippen LogP) is 0.941. The Morgan fingerprint density at radius 3 is 2.65 bits per heavy atom. The van der Waals surface area contributed by atoms with Crippen LogP contribution in [-0.2, 0) is 10.0 Å². The van der Waals surface area contributed by atoms with Crippen molar-refractivity contribution >= 4 is 27.5 Å². The molecule has 5 nitrogen and oxygen atoms in total. The van der Waals surface area contributed by atoms with Gasteiger partial charge in [-0.25, -0.2) is 21.9 Å². The summed E-state index contributed by atoms with van der Waals surface area (Å²) in [4.78, 5) is -0.670. The molecule has 0 radical (unpaired) electrons. The lowest BCUT2D eigenvalue weighted by atomic mass is 10.3. The SMILES string of the molecule is Nc1c(F)ccc(S(=O)(=O)NCCSCCCO)c1F. The number of halogens is 2. The van der Waals surface area contributed by atoms with Crippen LogP contribution in [0.15, 0.2) is 17.0 Å². The van der Waals surface area contributed by atoms with Crippen LogP contribution in [0.25, 0.3) is 0 Å². The van der Waals surface area contributed by atoms with Crippen molar-refractivity contribution in [2.45, 2.75) is 11.3 Å². The molecule has 0 aliphatic rings. The molecule has 0 saturated heterocycles. The first-order valence-corrected chi connectivity index (χ1v) is 8.45. The van der Waals surface area contributed by atoms with Gasteiger partial charge < -0.3 is 10.8 Å². The first kappa shape index (κ1) is 17.2. The summed E-state index contributed by atoms with van der Waals surface area (Å²) in [5.74, 6) is -1.10. The fourth-order valence-corrected chi connectivity index (χ4v) is 3.38. The lowest BCUT2D eigenvalue weighted by Crippen LogP contribution is -2.27. The molecule has 1 aromatic rings. The van der Waals surface area contributed by atoms with E-state index < -0.39 is 32.2 Å². The zero-order valence-corrected chi connectivity index (χ0v) is 12.2. The van der Waals surface area contributed by atoms with Crippen molar-refractivity contribution in [2.75, 3.05) is 30.4 Å². The van der Waals surface area contributed by atoms with E-state index in [1.165, 1.54) is 11.8 Å². The molecule has 0 aliphatic heterocycles. The second-order valence-electron chi connectivity index (χ2n) is 3.86. The molecular formula is C11H16F2N2O3S2. The van der Waals surface area contributed by atoms with E-state index in [2.05, 4.69) is 4.72 Å². The van der Waals surface area contributed by atoms with Gasteiger partial charge in [0.15, 0.2) is 5.82 Å². The quantitative estimate of drug-likeness (QED) is 0.488. The van der Waals surface area contributed by atoms with Crippen LogP contribution < -0.4 is 10.5 Å². The number of nitrogens with one attached hydrogen (secondary N) is 1. The lowest BCUT2D eigenvalue weighted by molar-refractivity contribution is 0.296. The number of aliphatic hydroxyl groups is 1. The van der Waals surface area contributed by atoms with Gasteiger partial charge in [0.2, 0.25) is 10.0 Å². The molecule has 1 rings (SSSR count). The van der Waals surface area contributed by atoms with Crippen LogP contribution in [0.1, 0.15) is 6.42 Å². The highest BCUT2D eigenvalue weighted by molar-refractivity contribution is 7.99. The first-order chi connectivity index (χ1) is 9.40. The highest BCUT2D eigenvalue weighted by Crippen LogP contribution is 2.22. The third kappa shape index (κ3) is 4.58. The maximum Gasteiger partial charge on any atom is 0.243 e. The topological polar surface area (TPSA) is 92.4 Å². The van der Waals surface area contributed by atoms with Crippen LogP contribution in [0.2, 0.25) is 0 Å². The number of sulfonamides is 1. The van der Waals surface area contributed by atoms with Gasteiger partial charge in [0.05, 0.1) is 0 Å². The molecule has 0 amide bonds. The largest absolute Gasteiger partial charge is 0.396 e. The summed E-state index contributed by atoms with van der Waals surface area (Å²) in [6.07, 6.45) is 0.626. The number of thioether (sulfide) groups is 1. The minimum absolute atomic E-state index is 0.0821. The van der Waals surface area contributed by atoms with Gasteiger partial charge in [0, 0.05) is 18.9 Å². The van der Waals surface area contributed by atoms with Crippen LogP contribution in [-0.4, -0.2) is 38.2 Å². The number of hydrogen-bond acceptors (Lipinski definition) is 5. The highest BCUT2D eigenvalue weighted by atomic mass is 32.2. The van der Waals surface area contributed by atoms with Crippen molar-refractivity contribution in [3.63, 3.8) is 0 Å². The summed E-state index contributed by atoms with van der Waals surface area (Å²) in [6, 6.07) is 1.64. The van der Waals surface area contributed by atoms with E-state index in [1.807, 2.05) is 0 Å². The minimum Gasteiger partial charge on any atom is -0.396 e. The molecule has 0 atom stereocenters. The summed E-state index contributed by atoms with van der Waals surface area (Å²) in [5, 5.41) is 8.57. The number of hydrogen-bond donors (Lipinski definition) is 3. The average molecular weight is 326 g/mol. The molecule has 1 aromatic carbocycles. The second-order valence-corrected chi connectivity index (χ2v) is 6.82. The Labute approximate surface area is 120 Å². The van der Waals surface area contributed by atoms with Crippen molar-refractivity contribution in [3.05, 3.63) is 23.8 Å². The number of nitrogens with two attached hydrogens (primary N) is 1. The van der Waals surface area contributed by atoms with Crippen LogP contribution in [0, 0.1) is 11.6 Å². The number of anilines is 1. The average Bonchev–Trinajstić information content (AvgIpc) is 2.39. The fraction of sp³-hybridized carbons (Fsp3) is 0.455. The van der Waals surface area contributed by atoms with Gasteiger partial charge in [-0.2, -0.15) is 11.8 Å². The summed E-state index contributed by atoms with van der Waals surface area (Å²) >= 11 is 1.46. The van der Waals surface area contributed by atoms with E-state index >= 15 is 0 Å². The predicted molar refractivity (Wildman–Crippen MR) is 75.0 cm³/mol. The zero-order chi connectivity index (χ0) is 15.2. The van der Waals surface area contributed by atoms with Crippen LogP contribution >= 0.6 is 11.8 Å². The molecule has 0 saturated carbocycles. The van der Waals surface area contributed by atoms with Gasteiger partial charge in [0.1, 0.15) is 16.4 Å². The van der Waals surface area contributed by atoms with Gasteiger partial charge in [-0.05, 0) is 24.3 Å². The lowest BCUT2D eigenvalue weighted by Gasteiger charge is -2.09. The Kier molecular flexibility index (Phi) is 6.66. The molecule has 4 N–H and O–H groups in total. The molecule has 0 bridgehead atoms. The molecule has 0 aliphatic carbocycles. The molecule has 0 unspecified atom stereocenters. The molecule has 0 spiro atoms. The smallest absolute Gasteiger partial charge is 0.243 e. The van der Waals surface area contributed by atoms with Crippen LogP contribution in [0.5, 0.6) is 0 Å². The van der Waals surface area contributed by atoms with E-state index in [0.717, 1.165) is 12.1 Å². The Morgan fingerprint density at radius 1 is 1.30 bits per heavy atom. The molecule has 20 heavy (non-hydrogen) atoms. The fourth-order valence-electron chi connectivity index (χ4n) is 1.35. The second kappa shape index (κ2) is 7.77. The molecular weight excluding hydrogens is 310 g/mol. The summed E-state index contributed by atoms with van der Waals surface area (Å²) in [5.41, 5.74) is 4.30. The monoisotopic (exact) mass is 326 g/mol. The number of benzene rings is 1. The van der Waals surface area contributed by atoms with Gasteiger partial charge in [-0.1, -0.05) is 0 Å². The standard InChI is InChI=1S/C11H16F2N2O3S2/c12-8-2-3-9(10(13)11(8)14)20(17,18)15-4-7-19-6-1-5-16/h2-3,15-16H,1,4-7,14H2. The third-order valence-electron chi connectivity index (χ3n) is 2.37. The van der Waals surface area contributed by atoms with Crippen LogP contribution in [0.4, 0.5) is 14.5 Å². The Balaban J connectivity index is 2.63. The van der Waals surface area contributed by atoms with E-state index in [9.17, 15) is 17.2 Å². The van der Waals surface area contributed by atoms with Crippen molar-refractivity contribution in [1.29, 1.82) is 0 Å². The van der Waals surface area contributed by atoms with Gasteiger partial charge in [-0.3, -0.25) is 0 Å². The molecule has 114 valence electrons. The van der Waals surface area contributed by atoms with Crippen molar-refractivity contribution in [2.24, 2.45) is 0 Å². The third-order valence-corrected chi connectivity index (χ3v) is 4.91. The maximum atomic E-state index is 13.6. The van der Waals surface area contributed by atoms with E-state index in [1.54, 1.807) is 0 Å². The number of rotatable bonds is 8. The zero-order valence-electron chi connectivity index (χ0n) is 10.6. The van der Waals surface area contributed by atoms with Gasteiger partial charge >= 0.3 is 0 Å². The summed E-state index contributed by atoms with van der Waals surface area (Å²) in [6.45, 7) is 0.188.